The number of hydrogen-bond donors (Lipinski definition) is 0. The molecule has 3 heterocycles. The first-order valence-electron chi connectivity index (χ1n) is 19.5. The van der Waals surface area contributed by atoms with Gasteiger partial charge in [0.2, 0.25) is 0 Å². The fourth-order valence-electron chi connectivity index (χ4n) is 9.14. The number of rotatable bonds is 5. The van der Waals surface area contributed by atoms with Crippen molar-refractivity contribution < 1.29 is 4.42 Å². The minimum atomic E-state index is 0.898. The Hall–Kier alpha value is -7.62. The molecule has 0 amide bonds. The summed E-state index contributed by atoms with van der Waals surface area (Å²) in [6.45, 7) is 0. The molecule has 9 aromatic carbocycles. The Kier molecular flexibility index (Phi) is 6.93. The SMILES string of the molecule is c1ccc(-c2ccc3c4c5c6ccc(-c7ccc8c(c7)oc7ccccc78)cc6n(-c6ccccc6)c5cc(-c5ccccc5)c4n(-c4ccccc4)c3c2)cc1. The zero-order chi connectivity index (χ0) is 37.5. The Bertz CT molecular complexity index is 3480. The van der Waals surface area contributed by atoms with Crippen molar-refractivity contribution in [2.45, 2.75) is 0 Å². The summed E-state index contributed by atoms with van der Waals surface area (Å²) in [5, 5.41) is 7.21. The van der Waals surface area contributed by atoms with Crippen LogP contribution in [0.25, 0.3) is 110 Å². The molecule has 0 fully saturated rings. The Morgan fingerprint density at radius 1 is 0.298 bits per heavy atom. The molecule has 0 N–H and O–H groups in total. The molecule has 3 aromatic heterocycles. The van der Waals surface area contributed by atoms with Crippen LogP contribution < -0.4 is 0 Å². The van der Waals surface area contributed by atoms with E-state index >= 15 is 0 Å². The van der Waals surface area contributed by atoms with Gasteiger partial charge in [-0.3, -0.25) is 0 Å². The van der Waals surface area contributed by atoms with Crippen LogP contribution in [0.1, 0.15) is 0 Å². The van der Waals surface area contributed by atoms with Crippen LogP contribution in [0.2, 0.25) is 0 Å². The van der Waals surface area contributed by atoms with Gasteiger partial charge in [-0.05, 0) is 88.5 Å². The Morgan fingerprint density at radius 3 is 1.47 bits per heavy atom. The topological polar surface area (TPSA) is 23.0 Å². The zero-order valence-electron chi connectivity index (χ0n) is 30.9. The highest BCUT2D eigenvalue weighted by atomic mass is 16.3. The second-order valence-corrected chi connectivity index (χ2v) is 14.9. The maximum Gasteiger partial charge on any atom is 0.136 e. The minimum absolute atomic E-state index is 0.898. The maximum atomic E-state index is 6.36. The average molecular weight is 727 g/mol. The van der Waals surface area contributed by atoms with Crippen molar-refractivity contribution in [2.75, 3.05) is 0 Å². The number of fused-ring (bicyclic) bond motifs is 10. The monoisotopic (exact) mass is 726 g/mol. The normalized spacial score (nSPS) is 11.9. The lowest BCUT2D eigenvalue weighted by atomic mass is 9.96. The van der Waals surface area contributed by atoms with Crippen LogP contribution in [-0.4, -0.2) is 9.13 Å². The molecule has 0 unspecified atom stereocenters. The summed E-state index contributed by atoms with van der Waals surface area (Å²) < 4.78 is 11.3. The van der Waals surface area contributed by atoms with Crippen LogP contribution in [0.4, 0.5) is 0 Å². The lowest BCUT2D eigenvalue weighted by Gasteiger charge is -2.14. The van der Waals surface area contributed by atoms with E-state index in [1.54, 1.807) is 0 Å². The summed E-state index contributed by atoms with van der Waals surface area (Å²) in [7, 11) is 0. The van der Waals surface area contributed by atoms with Crippen molar-refractivity contribution in [1.82, 2.24) is 9.13 Å². The molecule has 57 heavy (non-hydrogen) atoms. The van der Waals surface area contributed by atoms with E-state index in [2.05, 4.69) is 203 Å². The molecule has 12 rings (SSSR count). The number of aromatic nitrogens is 2. The number of nitrogens with zero attached hydrogens (tertiary/aromatic N) is 2. The van der Waals surface area contributed by atoms with E-state index in [-0.39, 0.29) is 0 Å². The highest BCUT2D eigenvalue weighted by molar-refractivity contribution is 6.32. The molecule has 0 bridgehead atoms. The third kappa shape index (κ3) is 4.86. The van der Waals surface area contributed by atoms with Crippen molar-refractivity contribution in [3.8, 4) is 44.8 Å². The van der Waals surface area contributed by atoms with Crippen molar-refractivity contribution in [2.24, 2.45) is 0 Å². The van der Waals surface area contributed by atoms with Gasteiger partial charge in [-0.15, -0.1) is 0 Å². The first kappa shape index (κ1) is 31.7. The second-order valence-electron chi connectivity index (χ2n) is 14.9. The lowest BCUT2D eigenvalue weighted by molar-refractivity contribution is 0.669. The largest absolute Gasteiger partial charge is 0.456 e. The molecule has 0 atom stereocenters. The quantitative estimate of drug-likeness (QED) is 0.173. The third-order valence-corrected chi connectivity index (χ3v) is 11.7. The Morgan fingerprint density at radius 2 is 0.789 bits per heavy atom. The van der Waals surface area contributed by atoms with Gasteiger partial charge < -0.3 is 13.6 Å². The summed E-state index contributed by atoms with van der Waals surface area (Å²) in [5.74, 6) is 0. The van der Waals surface area contributed by atoms with Gasteiger partial charge in [0.05, 0.1) is 22.1 Å². The third-order valence-electron chi connectivity index (χ3n) is 11.7. The summed E-state index contributed by atoms with van der Waals surface area (Å²) in [6.07, 6.45) is 0. The molecule has 0 aliphatic rings. The molecule has 12 aromatic rings. The van der Waals surface area contributed by atoms with Crippen molar-refractivity contribution >= 4 is 65.6 Å². The van der Waals surface area contributed by atoms with Gasteiger partial charge in [0.25, 0.3) is 0 Å². The molecule has 0 saturated carbocycles. The smallest absolute Gasteiger partial charge is 0.136 e. The molecule has 0 aliphatic carbocycles. The summed E-state index contributed by atoms with van der Waals surface area (Å²) >= 11 is 0. The van der Waals surface area contributed by atoms with E-state index in [1.165, 1.54) is 60.3 Å². The highest BCUT2D eigenvalue weighted by Crippen LogP contribution is 2.48. The molecule has 3 heteroatoms. The molecule has 0 spiro atoms. The second kappa shape index (κ2) is 12.5. The predicted octanol–water partition coefficient (Wildman–Crippen LogP) is 14.8. The Balaban J connectivity index is 1.23. The summed E-state index contributed by atoms with van der Waals surface area (Å²) in [5.41, 5.74) is 15.8. The van der Waals surface area contributed by atoms with Gasteiger partial charge in [-0.25, -0.2) is 0 Å². The Labute approximate surface area is 328 Å². The van der Waals surface area contributed by atoms with Crippen molar-refractivity contribution in [1.29, 1.82) is 0 Å². The molecule has 266 valence electrons. The van der Waals surface area contributed by atoms with Crippen LogP contribution in [0.5, 0.6) is 0 Å². The van der Waals surface area contributed by atoms with E-state index in [9.17, 15) is 0 Å². The number of benzene rings is 9. The molecule has 0 aliphatic heterocycles. The van der Waals surface area contributed by atoms with E-state index in [4.69, 9.17) is 4.42 Å². The zero-order valence-corrected chi connectivity index (χ0v) is 30.9. The molecule has 0 saturated heterocycles. The van der Waals surface area contributed by atoms with Crippen molar-refractivity contribution in [3.05, 3.63) is 206 Å². The van der Waals surface area contributed by atoms with Crippen LogP contribution >= 0.6 is 0 Å². The van der Waals surface area contributed by atoms with E-state index in [0.717, 1.165) is 50.0 Å². The fraction of sp³-hybridized carbons (Fsp3) is 0. The van der Waals surface area contributed by atoms with Gasteiger partial charge in [-0.1, -0.05) is 146 Å². The van der Waals surface area contributed by atoms with Gasteiger partial charge >= 0.3 is 0 Å². The summed E-state index contributed by atoms with van der Waals surface area (Å²) in [4.78, 5) is 0. The standard InChI is InChI=1S/C54H34N2O/c1-5-15-35(16-6-1)37-26-30-45-48(31-37)56(41-21-11-4-12-22-41)54-46(36-17-7-2-8-18-36)34-49-52(53(45)54)44-29-27-38(32-47(44)55(49)40-19-9-3-10-20-40)39-25-28-43-42-23-13-14-24-50(42)57-51(43)33-39/h1-34H. The number of furan rings is 1. The lowest BCUT2D eigenvalue weighted by Crippen LogP contribution is -1.97. The van der Waals surface area contributed by atoms with E-state index in [0.29, 0.717) is 0 Å². The van der Waals surface area contributed by atoms with E-state index in [1.807, 2.05) is 12.1 Å². The van der Waals surface area contributed by atoms with Crippen LogP contribution in [0, 0.1) is 0 Å². The van der Waals surface area contributed by atoms with Gasteiger partial charge in [0.15, 0.2) is 0 Å². The van der Waals surface area contributed by atoms with Gasteiger partial charge in [0.1, 0.15) is 11.2 Å². The molecule has 3 nitrogen and oxygen atoms in total. The number of hydrogen-bond acceptors (Lipinski definition) is 1. The predicted molar refractivity (Wildman–Crippen MR) is 239 cm³/mol. The van der Waals surface area contributed by atoms with Crippen LogP contribution in [0.15, 0.2) is 211 Å². The molecular formula is C54H34N2O. The number of para-hydroxylation sites is 3. The summed E-state index contributed by atoms with van der Waals surface area (Å²) in [6, 6.07) is 74.5. The molecular weight excluding hydrogens is 693 g/mol. The van der Waals surface area contributed by atoms with Gasteiger partial charge in [0, 0.05) is 49.3 Å². The average Bonchev–Trinajstić information content (AvgIpc) is 3.94. The maximum absolute atomic E-state index is 6.36. The van der Waals surface area contributed by atoms with E-state index < -0.39 is 0 Å². The minimum Gasteiger partial charge on any atom is -0.456 e. The highest BCUT2D eigenvalue weighted by Gasteiger charge is 2.25. The first-order chi connectivity index (χ1) is 28.3. The molecule has 0 radical (unpaired) electrons. The fourth-order valence-corrected chi connectivity index (χ4v) is 9.14. The van der Waals surface area contributed by atoms with Gasteiger partial charge in [-0.2, -0.15) is 0 Å². The first-order valence-corrected chi connectivity index (χ1v) is 19.5. The van der Waals surface area contributed by atoms with Crippen LogP contribution in [-0.2, 0) is 0 Å². The van der Waals surface area contributed by atoms with Crippen molar-refractivity contribution in [3.63, 3.8) is 0 Å². The van der Waals surface area contributed by atoms with Crippen LogP contribution in [0.3, 0.4) is 0 Å².